The van der Waals surface area contributed by atoms with Crippen molar-refractivity contribution in [1.29, 1.82) is 0 Å². The number of anilines is 3. The Morgan fingerprint density at radius 1 is 1.32 bits per heavy atom. The third-order valence-corrected chi connectivity index (χ3v) is 7.11. The van der Waals surface area contributed by atoms with Gasteiger partial charge in [0.25, 0.3) is 0 Å². The molecule has 0 spiro atoms. The Kier molecular flexibility index (Phi) is 5.09. The number of nitrogens with one attached hydrogen (secondary N) is 1. The number of aromatic nitrogens is 2. The van der Waals surface area contributed by atoms with E-state index in [2.05, 4.69) is 37.3 Å². The highest BCUT2D eigenvalue weighted by atomic mass is 32.1. The van der Waals surface area contributed by atoms with E-state index in [4.69, 9.17) is 4.74 Å². The molecule has 0 radical (unpaired) electrons. The van der Waals surface area contributed by atoms with Gasteiger partial charge in [0.2, 0.25) is 0 Å². The van der Waals surface area contributed by atoms with E-state index < -0.39 is 0 Å². The monoisotopic (exact) mass is 435 g/mol. The van der Waals surface area contributed by atoms with Gasteiger partial charge in [-0.25, -0.2) is 9.97 Å². The lowest BCUT2D eigenvalue weighted by molar-refractivity contribution is -0.148. The summed E-state index contributed by atoms with van der Waals surface area (Å²) in [6.07, 6.45) is 5.88. The van der Waals surface area contributed by atoms with Gasteiger partial charge in [-0.3, -0.25) is 9.79 Å². The quantitative estimate of drug-likeness (QED) is 0.608. The molecule has 0 unspecified atom stereocenters. The van der Waals surface area contributed by atoms with Crippen LogP contribution in [0, 0.1) is 5.92 Å². The maximum atomic E-state index is 12.3. The van der Waals surface area contributed by atoms with Crippen molar-refractivity contribution in [2.75, 3.05) is 30.9 Å². The zero-order valence-electron chi connectivity index (χ0n) is 17.9. The topological polar surface area (TPSA) is 79.7 Å². The maximum absolute atomic E-state index is 12.3. The van der Waals surface area contributed by atoms with Crippen molar-refractivity contribution >= 4 is 50.9 Å². The van der Waals surface area contributed by atoms with E-state index in [1.165, 1.54) is 16.0 Å². The highest BCUT2D eigenvalue weighted by Crippen LogP contribution is 2.41. The summed E-state index contributed by atoms with van der Waals surface area (Å²) in [6, 6.07) is 4.33. The number of fused-ring (bicyclic) bond motifs is 4. The molecule has 7 nitrogen and oxygen atoms in total. The Bertz CT molecular complexity index is 1200. The number of aliphatic imine (C=N–C) groups is 1. The first kappa shape index (κ1) is 19.9. The molecule has 2 aromatic heterocycles. The average molecular weight is 436 g/mol. The number of rotatable bonds is 5. The molecule has 0 saturated carbocycles. The fourth-order valence-corrected chi connectivity index (χ4v) is 5.68. The van der Waals surface area contributed by atoms with E-state index in [-0.39, 0.29) is 11.9 Å². The highest BCUT2D eigenvalue weighted by molar-refractivity contribution is 7.19. The minimum absolute atomic E-state index is 0.0683. The molecule has 0 amide bonds. The van der Waals surface area contributed by atoms with Gasteiger partial charge in [-0.05, 0) is 55.0 Å². The van der Waals surface area contributed by atoms with Crippen LogP contribution in [0.3, 0.4) is 0 Å². The number of aryl methyl sites for hydroxylation is 1. The first-order chi connectivity index (χ1) is 15.0. The van der Waals surface area contributed by atoms with Gasteiger partial charge < -0.3 is 15.0 Å². The number of thiophene rings is 1. The van der Waals surface area contributed by atoms with Gasteiger partial charge in [0.15, 0.2) is 0 Å². The molecule has 3 aromatic rings. The van der Waals surface area contributed by atoms with Crippen LogP contribution >= 0.6 is 11.3 Å². The number of carbonyl (C=O) groups excluding carboxylic acids is 1. The SMILES string of the molecule is CCOC(=O)[C@H]1CCc2c(sc3ncnc(Nc4cc5c(cc4N(C)C)CN=C5)c23)C1. The highest BCUT2D eigenvalue weighted by Gasteiger charge is 2.30. The first-order valence-corrected chi connectivity index (χ1v) is 11.4. The number of carbonyl (C=O) groups is 1. The van der Waals surface area contributed by atoms with E-state index in [9.17, 15) is 4.79 Å². The van der Waals surface area contributed by atoms with Crippen molar-refractivity contribution in [3.05, 3.63) is 40.0 Å². The van der Waals surface area contributed by atoms with Crippen LogP contribution in [-0.2, 0) is 28.9 Å². The van der Waals surface area contributed by atoms with E-state index in [1.54, 1.807) is 17.7 Å². The zero-order chi connectivity index (χ0) is 21.5. The molecule has 1 aliphatic heterocycles. The number of hydrogen-bond donors (Lipinski definition) is 1. The average Bonchev–Trinajstić information content (AvgIpc) is 3.36. The molecule has 1 atom stereocenters. The molecule has 0 bridgehead atoms. The van der Waals surface area contributed by atoms with Crippen LogP contribution in [0.25, 0.3) is 10.2 Å². The minimum Gasteiger partial charge on any atom is -0.466 e. The summed E-state index contributed by atoms with van der Waals surface area (Å²) >= 11 is 1.66. The van der Waals surface area contributed by atoms with Crippen molar-refractivity contribution in [1.82, 2.24) is 9.97 Å². The lowest BCUT2D eigenvalue weighted by atomic mass is 9.88. The van der Waals surface area contributed by atoms with Crippen molar-refractivity contribution in [3.8, 4) is 0 Å². The van der Waals surface area contributed by atoms with E-state index in [1.807, 2.05) is 27.2 Å². The molecule has 0 saturated heterocycles. The number of hydrogen-bond acceptors (Lipinski definition) is 8. The van der Waals surface area contributed by atoms with Crippen LogP contribution in [0.15, 0.2) is 23.5 Å². The van der Waals surface area contributed by atoms with E-state index in [0.717, 1.165) is 52.4 Å². The van der Waals surface area contributed by atoms with Crippen molar-refractivity contribution in [3.63, 3.8) is 0 Å². The molecular formula is C23H25N5O2S. The predicted molar refractivity (Wildman–Crippen MR) is 125 cm³/mol. The predicted octanol–water partition coefficient (Wildman–Crippen LogP) is 4.10. The summed E-state index contributed by atoms with van der Waals surface area (Å²) in [5, 5.41) is 4.65. The number of nitrogens with zero attached hydrogens (tertiary/aromatic N) is 4. The van der Waals surface area contributed by atoms with Crippen LogP contribution in [0.5, 0.6) is 0 Å². The van der Waals surface area contributed by atoms with Crippen molar-refractivity contribution in [2.45, 2.75) is 32.7 Å². The second-order valence-corrected chi connectivity index (χ2v) is 9.24. The Hall–Kier alpha value is -3.00. The molecule has 0 fully saturated rings. The minimum atomic E-state index is -0.0922. The molecule has 3 heterocycles. The van der Waals surface area contributed by atoms with Gasteiger partial charge in [-0.1, -0.05) is 0 Å². The largest absolute Gasteiger partial charge is 0.466 e. The molecule has 1 aliphatic carbocycles. The summed E-state index contributed by atoms with van der Waals surface area (Å²) in [7, 11) is 4.08. The summed E-state index contributed by atoms with van der Waals surface area (Å²) in [5.41, 5.74) is 5.74. The smallest absolute Gasteiger partial charge is 0.309 e. The van der Waals surface area contributed by atoms with Gasteiger partial charge >= 0.3 is 5.97 Å². The summed E-state index contributed by atoms with van der Waals surface area (Å²) < 4.78 is 5.26. The Morgan fingerprint density at radius 3 is 3.00 bits per heavy atom. The van der Waals surface area contributed by atoms with E-state index in [0.29, 0.717) is 13.0 Å². The van der Waals surface area contributed by atoms with Gasteiger partial charge in [-0.2, -0.15) is 0 Å². The fourth-order valence-electron chi connectivity index (χ4n) is 4.41. The van der Waals surface area contributed by atoms with Crippen LogP contribution < -0.4 is 10.2 Å². The van der Waals surface area contributed by atoms with E-state index >= 15 is 0 Å². The summed E-state index contributed by atoms with van der Waals surface area (Å²) in [5.74, 6) is 0.654. The Balaban J connectivity index is 1.53. The van der Waals surface area contributed by atoms with Crippen molar-refractivity contribution in [2.24, 2.45) is 10.9 Å². The number of esters is 1. The first-order valence-electron chi connectivity index (χ1n) is 10.6. The zero-order valence-corrected chi connectivity index (χ0v) is 18.8. The molecule has 2 aliphatic rings. The normalized spacial score (nSPS) is 16.8. The maximum Gasteiger partial charge on any atom is 0.309 e. The van der Waals surface area contributed by atoms with Crippen molar-refractivity contribution < 1.29 is 9.53 Å². The third-order valence-electron chi connectivity index (χ3n) is 5.95. The molecule has 1 N–H and O–H groups in total. The molecule has 8 heteroatoms. The Labute approximate surface area is 185 Å². The standard InChI is InChI=1S/C23H25N5O2S/c1-4-30-23(29)13-5-6-16-19(9-13)31-22-20(16)21(25-12-26-22)27-17-7-14-10-24-11-15(14)8-18(17)28(2)3/h7-8,10,12-13H,4-6,9,11H2,1-3H3,(H,25,26,27)/t13-/m0/s1. The molecule has 160 valence electrons. The van der Waals surface area contributed by atoms with Gasteiger partial charge in [0.05, 0.1) is 35.8 Å². The number of benzene rings is 1. The van der Waals surface area contributed by atoms with Gasteiger partial charge in [0, 0.05) is 25.2 Å². The van der Waals surface area contributed by atoms with Gasteiger partial charge in [-0.15, -0.1) is 11.3 Å². The molecule has 5 rings (SSSR count). The fraction of sp³-hybridized carbons (Fsp3) is 0.391. The van der Waals surface area contributed by atoms with Crippen LogP contribution in [0.1, 0.15) is 34.9 Å². The lowest BCUT2D eigenvalue weighted by Crippen LogP contribution is -2.23. The second kappa shape index (κ2) is 7.92. The van der Waals surface area contributed by atoms with Crippen LogP contribution in [0.4, 0.5) is 17.2 Å². The number of ether oxygens (including phenoxy) is 1. The Morgan fingerprint density at radius 2 is 2.19 bits per heavy atom. The molecular weight excluding hydrogens is 410 g/mol. The second-order valence-electron chi connectivity index (χ2n) is 8.16. The molecule has 31 heavy (non-hydrogen) atoms. The third kappa shape index (κ3) is 3.54. The lowest BCUT2D eigenvalue weighted by Gasteiger charge is -2.22. The van der Waals surface area contributed by atoms with Crippen LogP contribution in [0.2, 0.25) is 0 Å². The summed E-state index contributed by atoms with van der Waals surface area (Å²) in [6.45, 7) is 3.01. The van der Waals surface area contributed by atoms with Gasteiger partial charge in [0.1, 0.15) is 17.0 Å². The van der Waals surface area contributed by atoms with Crippen LogP contribution in [-0.4, -0.2) is 42.9 Å². The molecule has 1 aromatic carbocycles. The summed E-state index contributed by atoms with van der Waals surface area (Å²) in [4.78, 5) is 30.1.